The first kappa shape index (κ1) is 12.4. The van der Waals surface area contributed by atoms with Gasteiger partial charge in [-0.15, -0.1) is 0 Å². The largest absolute Gasteiger partial charge is 0.257 e. The summed E-state index contributed by atoms with van der Waals surface area (Å²) in [6.07, 6.45) is 0. The Morgan fingerprint density at radius 1 is 0.800 bits per heavy atom. The van der Waals surface area contributed by atoms with E-state index in [1.165, 1.54) is 10.9 Å². The SMILES string of the molecule is CC[n+]1c(C#Cc2ccccc2)ccc2ccccc21. The van der Waals surface area contributed by atoms with Gasteiger partial charge in [-0.25, -0.2) is 0 Å². The molecule has 3 aromatic rings. The lowest BCUT2D eigenvalue weighted by Gasteiger charge is -2.00. The van der Waals surface area contributed by atoms with E-state index in [1.807, 2.05) is 30.3 Å². The molecule has 20 heavy (non-hydrogen) atoms. The number of pyridine rings is 1. The Bertz CT molecular complexity index is 792. The zero-order valence-electron chi connectivity index (χ0n) is 11.5. The van der Waals surface area contributed by atoms with Crippen LogP contribution in [0.25, 0.3) is 10.9 Å². The fraction of sp³-hybridized carbons (Fsp3) is 0.105. The van der Waals surface area contributed by atoms with Gasteiger partial charge in [0.25, 0.3) is 5.69 Å². The van der Waals surface area contributed by atoms with E-state index < -0.39 is 0 Å². The molecule has 0 saturated heterocycles. The molecule has 0 aliphatic carbocycles. The Kier molecular flexibility index (Phi) is 3.48. The summed E-state index contributed by atoms with van der Waals surface area (Å²) in [6, 6.07) is 22.7. The number of aromatic nitrogens is 1. The minimum Gasteiger partial charge on any atom is -0.185 e. The zero-order valence-corrected chi connectivity index (χ0v) is 11.5. The molecule has 0 N–H and O–H groups in total. The number of rotatable bonds is 1. The average Bonchev–Trinajstić information content (AvgIpc) is 2.53. The van der Waals surface area contributed by atoms with Crippen LogP contribution in [0.3, 0.4) is 0 Å². The van der Waals surface area contributed by atoms with Crippen LogP contribution in [0.5, 0.6) is 0 Å². The van der Waals surface area contributed by atoms with Gasteiger partial charge in [0.15, 0.2) is 0 Å². The van der Waals surface area contributed by atoms with Crippen molar-refractivity contribution >= 4 is 10.9 Å². The summed E-state index contributed by atoms with van der Waals surface area (Å²) in [5.74, 6) is 6.52. The maximum Gasteiger partial charge on any atom is 0.257 e. The van der Waals surface area contributed by atoms with E-state index in [9.17, 15) is 0 Å². The Balaban J connectivity index is 2.11. The molecule has 3 rings (SSSR count). The molecular formula is C19H16N+. The molecule has 0 unspecified atom stereocenters. The molecule has 0 saturated carbocycles. The molecule has 0 fully saturated rings. The fourth-order valence-electron chi connectivity index (χ4n) is 2.37. The topological polar surface area (TPSA) is 3.88 Å². The Labute approximate surface area is 119 Å². The second kappa shape index (κ2) is 5.59. The molecule has 1 nitrogen and oxygen atoms in total. The third-order valence-electron chi connectivity index (χ3n) is 3.36. The van der Waals surface area contributed by atoms with Crippen molar-refractivity contribution < 1.29 is 4.57 Å². The van der Waals surface area contributed by atoms with Gasteiger partial charge >= 0.3 is 0 Å². The monoisotopic (exact) mass is 258 g/mol. The minimum atomic E-state index is 0.917. The second-order valence-corrected chi connectivity index (χ2v) is 4.64. The molecule has 0 atom stereocenters. The van der Waals surface area contributed by atoms with Crippen molar-refractivity contribution in [2.24, 2.45) is 0 Å². The normalized spacial score (nSPS) is 10.1. The van der Waals surface area contributed by atoms with Gasteiger partial charge in [0.05, 0.1) is 0 Å². The third-order valence-corrected chi connectivity index (χ3v) is 3.36. The minimum absolute atomic E-state index is 0.917. The number of hydrogen-bond acceptors (Lipinski definition) is 0. The van der Waals surface area contributed by atoms with E-state index in [4.69, 9.17) is 0 Å². The standard InChI is InChI=1S/C19H16N/c1-2-20-18(14-12-16-8-4-3-5-9-16)15-13-17-10-6-7-11-19(17)20/h3-11,13,15H,2H2,1H3/q+1. The summed E-state index contributed by atoms with van der Waals surface area (Å²) in [4.78, 5) is 0. The van der Waals surface area contributed by atoms with Crippen molar-refractivity contribution in [1.29, 1.82) is 0 Å². The summed E-state index contributed by atoms with van der Waals surface area (Å²) in [7, 11) is 0. The first-order valence-electron chi connectivity index (χ1n) is 6.87. The van der Waals surface area contributed by atoms with Crippen LogP contribution >= 0.6 is 0 Å². The molecule has 0 bridgehead atoms. The van der Waals surface area contributed by atoms with Crippen LogP contribution < -0.4 is 4.57 Å². The molecule has 0 radical (unpaired) electrons. The lowest BCUT2D eigenvalue weighted by atomic mass is 10.1. The van der Waals surface area contributed by atoms with E-state index in [0.717, 1.165) is 17.8 Å². The van der Waals surface area contributed by atoms with Crippen LogP contribution in [-0.4, -0.2) is 0 Å². The van der Waals surface area contributed by atoms with Crippen molar-refractivity contribution in [3.8, 4) is 11.8 Å². The summed E-state index contributed by atoms with van der Waals surface area (Å²) < 4.78 is 2.26. The highest BCUT2D eigenvalue weighted by molar-refractivity contribution is 5.75. The highest BCUT2D eigenvalue weighted by Crippen LogP contribution is 2.10. The summed E-state index contributed by atoms with van der Waals surface area (Å²) in [6.45, 7) is 3.07. The Morgan fingerprint density at radius 3 is 2.35 bits per heavy atom. The van der Waals surface area contributed by atoms with E-state index in [1.54, 1.807) is 0 Å². The molecule has 0 aliphatic rings. The molecule has 1 heteroatoms. The van der Waals surface area contributed by atoms with Crippen LogP contribution in [0.15, 0.2) is 66.7 Å². The van der Waals surface area contributed by atoms with Crippen LogP contribution in [0, 0.1) is 11.8 Å². The van der Waals surface area contributed by atoms with E-state index in [0.29, 0.717) is 0 Å². The molecule has 2 aromatic carbocycles. The van der Waals surface area contributed by atoms with Gasteiger partial charge in [-0.3, -0.25) is 0 Å². The molecule has 96 valence electrons. The molecule has 0 aliphatic heterocycles. The predicted octanol–water partition coefficient (Wildman–Crippen LogP) is 3.55. The number of aryl methyl sites for hydroxylation is 1. The highest BCUT2D eigenvalue weighted by atomic mass is 15.0. The first-order valence-corrected chi connectivity index (χ1v) is 6.87. The summed E-state index contributed by atoms with van der Waals surface area (Å²) in [5, 5.41) is 1.25. The van der Waals surface area contributed by atoms with E-state index >= 15 is 0 Å². The van der Waals surface area contributed by atoms with Gasteiger partial charge in [0.1, 0.15) is 6.54 Å². The van der Waals surface area contributed by atoms with E-state index in [2.05, 4.69) is 59.7 Å². The maximum absolute atomic E-state index is 3.29. The number of nitrogens with zero attached hydrogens (tertiary/aromatic N) is 1. The van der Waals surface area contributed by atoms with Crippen molar-refractivity contribution in [2.45, 2.75) is 13.5 Å². The lowest BCUT2D eigenvalue weighted by Crippen LogP contribution is -2.36. The first-order chi connectivity index (χ1) is 9.88. The number of benzene rings is 2. The Hall–Kier alpha value is -2.59. The van der Waals surface area contributed by atoms with Gasteiger partial charge in [0.2, 0.25) is 5.52 Å². The number of fused-ring (bicyclic) bond motifs is 1. The van der Waals surface area contributed by atoms with Crippen molar-refractivity contribution in [2.75, 3.05) is 0 Å². The van der Waals surface area contributed by atoms with Gasteiger partial charge < -0.3 is 0 Å². The average molecular weight is 258 g/mol. The molecule has 0 amide bonds. The second-order valence-electron chi connectivity index (χ2n) is 4.64. The lowest BCUT2D eigenvalue weighted by molar-refractivity contribution is -0.670. The van der Waals surface area contributed by atoms with Crippen LogP contribution in [0.4, 0.5) is 0 Å². The van der Waals surface area contributed by atoms with Crippen molar-refractivity contribution in [1.82, 2.24) is 0 Å². The number of para-hydroxylation sites is 1. The van der Waals surface area contributed by atoms with Gasteiger partial charge in [0, 0.05) is 29.0 Å². The highest BCUT2D eigenvalue weighted by Gasteiger charge is 2.11. The molecular weight excluding hydrogens is 242 g/mol. The Morgan fingerprint density at radius 2 is 1.55 bits per heavy atom. The predicted molar refractivity (Wildman–Crippen MR) is 82.2 cm³/mol. The van der Waals surface area contributed by atoms with Crippen LogP contribution in [0.1, 0.15) is 18.2 Å². The van der Waals surface area contributed by atoms with Crippen LogP contribution in [0.2, 0.25) is 0 Å². The number of hydrogen-bond donors (Lipinski definition) is 0. The van der Waals surface area contributed by atoms with Crippen LogP contribution in [-0.2, 0) is 6.54 Å². The van der Waals surface area contributed by atoms with Gasteiger partial charge in [-0.2, -0.15) is 4.57 Å². The summed E-state index contributed by atoms with van der Waals surface area (Å²) in [5.41, 5.74) is 3.33. The van der Waals surface area contributed by atoms with E-state index in [-0.39, 0.29) is 0 Å². The maximum atomic E-state index is 3.29. The smallest absolute Gasteiger partial charge is 0.185 e. The summed E-state index contributed by atoms with van der Waals surface area (Å²) >= 11 is 0. The molecule has 0 spiro atoms. The van der Waals surface area contributed by atoms with Crippen molar-refractivity contribution in [3.63, 3.8) is 0 Å². The molecule has 1 aromatic heterocycles. The van der Waals surface area contributed by atoms with Gasteiger partial charge in [-0.05, 0) is 31.2 Å². The van der Waals surface area contributed by atoms with Crippen molar-refractivity contribution in [3.05, 3.63) is 78.0 Å². The fourth-order valence-corrected chi connectivity index (χ4v) is 2.37. The quantitative estimate of drug-likeness (QED) is 0.464. The zero-order chi connectivity index (χ0) is 13.8. The molecule has 1 heterocycles. The van der Waals surface area contributed by atoms with Gasteiger partial charge in [-0.1, -0.05) is 36.3 Å². The third kappa shape index (κ3) is 2.41.